The number of alkyl halides is 3. The molecule has 0 spiro atoms. The molecule has 0 N–H and O–H groups in total. The maximum Gasteiger partial charge on any atom is 0.416 e. The Labute approximate surface area is 191 Å². The van der Waals surface area contributed by atoms with E-state index in [1.54, 1.807) is 4.57 Å². The van der Waals surface area contributed by atoms with Crippen molar-refractivity contribution in [2.45, 2.75) is 30.6 Å². The Hall–Kier alpha value is -3.46. The van der Waals surface area contributed by atoms with Crippen LogP contribution in [-0.2, 0) is 29.3 Å². The van der Waals surface area contributed by atoms with Crippen LogP contribution in [0.5, 0.6) is 5.75 Å². The summed E-state index contributed by atoms with van der Waals surface area (Å²) in [4.78, 5) is 0. The fraction of sp³-hybridized carbons (Fsp3) is 0.167. The van der Waals surface area contributed by atoms with Crippen LogP contribution in [-0.4, -0.2) is 19.0 Å². The smallest absolute Gasteiger partial charge is 0.416 e. The maximum atomic E-state index is 13.2. The largest absolute Gasteiger partial charge is 0.486 e. The molecule has 0 aliphatic rings. The van der Waals surface area contributed by atoms with E-state index in [1.165, 1.54) is 12.1 Å². The highest BCUT2D eigenvalue weighted by atomic mass is 32.2. The molecule has 33 heavy (non-hydrogen) atoms. The van der Waals surface area contributed by atoms with Crippen LogP contribution in [0.3, 0.4) is 0 Å². The Morgan fingerprint density at radius 3 is 2.36 bits per heavy atom. The Kier molecular flexibility index (Phi) is 6.60. The van der Waals surface area contributed by atoms with Crippen molar-refractivity contribution in [3.05, 3.63) is 101 Å². The van der Waals surface area contributed by atoms with Crippen molar-refractivity contribution in [1.82, 2.24) is 14.8 Å². The molecule has 9 heteroatoms. The number of nitrogens with zero attached hydrogens (tertiary/aromatic N) is 3. The third kappa shape index (κ3) is 5.48. The molecule has 0 fully saturated rings. The molecule has 1 heterocycles. The normalized spacial score (nSPS) is 12.5. The number of para-hydroxylation sites is 1. The first-order chi connectivity index (χ1) is 15.8. The van der Waals surface area contributed by atoms with Gasteiger partial charge in [0.1, 0.15) is 12.4 Å². The molecular formula is C24H20F3N3O2S. The van der Waals surface area contributed by atoms with Gasteiger partial charge in [-0.05, 0) is 42.8 Å². The molecule has 4 rings (SSSR count). The number of hydrogen-bond acceptors (Lipinski definition) is 4. The maximum absolute atomic E-state index is 13.2. The van der Waals surface area contributed by atoms with Crippen LogP contribution in [0.1, 0.15) is 22.5 Å². The predicted molar refractivity (Wildman–Crippen MR) is 118 cm³/mol. The monoisotopic (exact) mass is 471 g/mol. The average Bonchev–Trinajstić information content (AvgIpc) is 3.23. The minimum absolute atomic E-state index is 0.0507. The molecule has 0 aliphatic carbocycles. The van der Waals surface area contributed by atoms with E-state index < -0.39 is 22.5 Å². The SMILES string of the molecule is Cc1ccc(CS(=O)c2nnc(COc3cccc(C(F)(F)F)c3)n2-c2ccccc2)cc1. The van der Waals surface area contributed by atoms with Crippen molar-refractivity contribution in [2.24, 2.45) is 0 Å². The minimum atomic E-state index is -4.47. The lowest BCUT2D eigenvalue weighted by atomic mass is 10.2. The van der Waals surface area contributed by atoms with E-state index in [4.69, 9.17) is 4.74 Å². The van der Waals surface area contributed by atoms with Gasteiger partial charge in [0.2, 0.25) is 5.16 Å². The number of aryl methyl sites for hydroxylation is 1. The lowest BCUT2D eigenvalue weighted by Crippen LogP contribution is -2.11. The lowest BCUT2D eigenvalue weighted by Gasteiger charge is -2.12. The molecular weight excluding hydrogens is 451 g/mol. The fourth-order valence-corrected chi connectivity index (χ4v) is 4.36. The number of benzene rings is 3. The molecule has 5 nitrogen and oxygen atoms in total. The van der Waals surface area contributed by atoms with Crippen LogP contribution in [0.15, 0.2) is 84.0 Å². The van der Waals surface area contributed by atoms with E-state index in [0.717, 1.165) is 23.3 Å². The zero-order chi connectivity index (χ0) is 23.4. The summed E-state index contributed by atoms with van der Waals surface area (Å²) < 4.78 is 59.4. The summed E-state index contributed by atoms with van der Waals surface area (Å²) in [6.07, 6.45) is -4.47. The van der Waals surface area contributed by atoms with Gasteiger partial charge in [0, 0.05) is 5.69 Å². The highest BCUT2D eigenvalue weighted by Gasteiger charge is 2.30. The molecule has 0 radical (unpaired) electrons. The van der Waals surface area contributed by atoms with Gasteiger partial charge in [-0.3, -0.25) is 8.78 Å². The second-order valence-electron chi connectivity index (χ2n) is 7.36. The van der Waals surface area contributed by atoms with Crippen LogP contribution in [0.2, 0.25) is 0 Å². The zero-order valence-corrected chi connectivity index (χ0v) is 18.4. The van der Waals surface area contributed by atoms with Gasteiger partial charge in [-0.2, -0.15) is 13.2 Å². The summed E-state index contributed by atoms with van der Waals surface area (Å²) in [5, 5.41) is 8.50. The number of aromatic nitrogens is 3. The first-order valence-corrected chi connectivity index (χ1v) is 11.4. The third-order valence-corrected chi connectivity index (χ3v) is 6.13. The predicted octanol–water partition coefficient (Wildman–Crippen LogP) is 5.48. The molecule has 0 saturated carbocycles. The van der Waals surface area contributed by atoms with Gasteiger partial charge in [-0.1, -0.05) is 54.1 Å². The van der Waals surface area contributed by atoms with Gasteiger partial charge in [0.15, 0.2) is 5.82 Å². The van der Waals surface area contributed by atoms with Crippen molar-refractivity contribution in [3.8, 4) is 11.4 Å². The van der Waals surface area contributed by atoms with Crippen LogP contribution in [0, 0.1) is 6.92 Å². The molecule has 1 unspecified atom stereocenters. The standard InChI is InChI=1S/C24H20F3N3O2S/c1-17-10-12-18(13-11-17)16-33(31)23-29-28-22(30(23)20-7-3-2-4-8-20)15-32-21-9-5-6-19(14-21)24(25,26)27/h2-14H,15-16H2,1H3. The molecule has 1 atom stereocenters. The third-order valence-electron chi connectivity index (χ3n) is 4.87. The number of hydrogen-bond donors (Lipinski definition) is 0. The number of rotatable bonds is 7. The van der Waals surface area contributed by atoms with Gasteiger partial charge in [-0.25, -0.2) is 0 Å². The van der Waals surface area contributed by atoms with Gasteiger partial charge in [0.05, 0.1) is 22.1 Å². The van der Waals surface area contributed by atoms with Crippen LogP contribution >= 0.6 is 0 Å². The van der Waals surface area contributed by atoms with Crippen LogP contribution in [0.4, 0.5) is 13.2 Å². The van der Waals surface area contributed by atoms with Crippen molar-refractivity contribution in [3.63, 3.8) is 0 Å². The van der Waals surface area contributed by atoms with E-state index in [9.17, 15) is 17.4 Å². The Morgan fingerprint density at radius 2 is 1.67 bits per heavy atom. The molecule has 170 valence electrons. The second kappa shape index (κ2) is 9.58. The summed E-state index contributed by atoms with van der Waals surface area (Å²) in [7, 11) is -1.51. The topological polar surface area (TPSA) is 57.0 Å². The van der Waals surface area contributed by atoms with Gasteiger partial charge in [-0.15, -0.1) is 10.2 Å². The first kappa shape index (κ1) is 22.7. The van der Waals surface area contributed by atoms with E-state index in [2.05, 4.69) is 10.2 Å². The molecule has 0 aliphatic heterocycles. The summed E-state index contributed by atoms with van der Waals surface area (Å²) in [6, 6.07) is 21.4. The minimum Gasteiger partial charge on any atom is -0.486 e. The second-order valence-corrected chi connectivity index (χ2v) is 8.70. The Balaban J connectivity index is 1.62. The quantitative estimate of drug-likeness (QED) is 0.358. The van der Waals surface area contributed by atoms with Crippen molar-refractivity contribution in [1.29, 1.82) is 0 Å². The molecule has 0 bridgehead atoms. The molecule has 4 aromatic rings. The van der Waals surface area contributed by atoms with E-state index in [1.807, 2.05) is 61.5 Å². The molecule has 0 saturated heterocycles. The molecule has 0 amide bonds. The highest BCUT2D eigenvalue weighted by Crippen LogP contribution is 2.31. The fourth-order valence-electron chi connectivity index (χ4n) is 3.19. The summed E-state index contributed by atoms with van der Waals surface area (Å²) in [5.41, 5.74) is 1.87. The number of ether oxygens (including phenoxy) is 1. The Morgan fingerprint density at radius 1 is 0.939 bits per heavy atom. The van der Waals surface area contributed by atoms with E-state index in [0.29, 0.717) is 11.5 Å². The van der Waals surface area contributed by atoms with Crippen molar-refractivity contribution >= 4 is 10.8 Å². The van der Waals surface area contributed by atoms with Crippen LogP contribution in [0.25, 0.3) is 5.69 Å². The van der Waals surface area contributed by atoms with Crippen molar-refractivity contribution < 1.29 is 22.1 Å². The summed E-state index contributed by atoms with van der Waals surface area (Å²) >= 11 is 0. The van der Waals surface area contributed by atoms with Gasteiger partial charge < -0.3 is 4.74 Å². The van der Waals surface area contributed by atoms with Gasteiger partial charge >= 0.3 is 6.18 Å². The molecule has 1 aromatic heterocycles. The highest BCUT2D eigenvalue weighted by molar-refractivity contribution is 7.84. The molecule has 3 aromatic carbocycles. The first-order valence-electron chi connectivity index (χ1n) is 10.0. The summed E-state index contributed by atoms with van der Waals surface area (Å²) in [6.45, 7) is 1.83. The van der Waals surface area contributed by atoms with Gasteiger partial charge in [0.25, 0.3) is 0 Å². The number of halogens is 3. The summed E-state index contributed by atoms with van der Waals surface area (Å²) in [5.74, 6) is 0.625. The van der Waals surface area contributed by atoms with E-state index >= 15 is 0 Å². The van der Waals surface area contributed by atoms with Crippen molar-refractivity contribution in [2.75, 3.05) is 0 Å². The Bertz CT molecular complexity index is 1260. The van der Waals surface area contributed by atoms with E-state index in [-0.39, 0.29) is 23.3 Å². The van der Waals surface area contributed by atoms with Crippen LogP contribution < -0.4 is 4.74 Å². The average molecular weight is 472 g/mol. The lowest BCUT2D eigenvalue weighted by molar-refractivity contribution is -0.137. The zero-order valence-electron chi connectivity index (χ0n) is 17.6.